The summed E-state index contributed by atoms with van der Waals surface area (Å²) in [6, 6.07) is 13.5. The summed E-state index contributed by atoms with van der Waals surface area (Å²) < 4.78 is 0. The molecule has 2 fully saturated rings. The second kappa shape index (κ2) is 10.00. The summed E-state index contributed by atoms with van der Waals surface area (Å²) in [6.07, 6.45) is 6.66. The maximum absolute atomic E-state index is 13.7. The molecule has 4 amide bonds. The van der Waals surface area contributed by atoms with Crippen LogP contribution in [0.2, 0.25) is 0 Å². The molecule has 1 aliphatic heterocycles. The minimum absolute atomic E-state index is 0.245. The van der Waals surface area contributed by atoms with Crippen molar-refractivity contribution in [3.63, 3.8) is 0 Å². The monoisotopic (exact) mass is 461 g/mol. The van der Waals surface area contributed by atoms with Gasteiger partial charge in [-0.05, 0) is 67.0 Å². The number of nitrogens with zero attached hydrogens (tertiary/aromatic N) is 2. The summed E-state index contributed by atoms with van der Waals surface area (Å²) in [5.74, 6) is -0.594. The predicted octanol–water partition coefficient (Wildman–Crippen LogP) is 5.48. The normalized spacial score (nSPS) is 17.5. The fraction of sp³-hybridized carbons (Fsp3) is 0.464. The van der Waals surface area contributed by atoms with Crippen LogP contribution in [0.4, 0.5) is 16.2 Å². The van der Waals surface area contributed by atoms with Crippen molar-refractivity contribution in [2.45, 2.75) is 77.7 Å². The number of nitrogens with one attached hydrogen (secondary N) is 1. The van der Waals surface area contributed by atoms with Crippen molar-refractivity contribution < 1.29 is 14.4 Å². The molecule has 1 heterocycles. The van der Waals surface area contributed by atoms with E-state index in [-0.39, 0.29) is 18.4 Å². The lowest BCUT2D eigenvalue weighted by molar-refractivity contribution is -0.134. The second-order valence-electron chi connectivity index (χ2n) is 9.37. The van der Waals surface area contributed by atoms with Gasteiger partial charge in [0.05, 0.1) is 0 Å². The van der Waals surface area contributed by atoms with E-state index in [1.54, 1.807) is 4.90 Å². The van der Waals surface area contributed by atoms with Crippen LogP contribution in [0.25, 0.3) is 0 Å². The minimum Gasteiger partial charge on any atom is -0.324 e. The Balaban J connectivity index is 1.60. The average molecular weight is 462 g/mol. The van der Waals surface area contributed by atoms with E-state index in [2.05, 4.69) is 25.2 Å². The van der Waals surface area contributed by atoms with Crippen LogP contribution in [-0.4, -0.2) is 34.8 Å². The van der Waals surface area contributed by atoms with Gasteiger partial charge in [-0.15, -0.1) is 0 Å². The molecule has 1 saturated heterocycles. The van der Waals surface area contributed by atoms with Gasteiger partial charge < -0.3 is 5.32 Å². The molecule has 6 nitrogen and oxygen atoms in total. The molecular weight excluding hydrogens is 426 g/mol. The van der Waals surface area contributed by atoms with Crippen molar-refractivity contribution in [1.82, 2.24) is 4.90 Å². The SMILES string of the molecule is CCc1ccc(N2C(=O)N(CC(=O)Nc3cc(CC)ccc3CC)C(=O)C23CCCCC3)cc1. The fourth-order valence-corrected chi connectivity index (χ4v) is 5.29. The van der Waals surface area contributed by atoms with Crippen molar-refractivity contribution in [3.8, 4) is 0 Å². The van der Waals surface area contributed by atoms with E-state index in [4.69, 9.17) is 0 Å². The Hall–Kier alpha value is -3.15. The Kier molecular flexibility index (Phi) is 7.05. The van der Waals surface area contributed by atoms with Crippen molar-refractivity contribution >= 4 is 29.2 Å². The lowest BCUT2D eigenvalue weighted by atomic mass is 9.80. The number of hydrogen-bond donors (Lipinski definition) is 1. The van der Waals surface area contributed by atoms with Gasteiger partial charge in [-0.1, -0.05) is 64.3 Å². The number of benzene rings is 2. The molecule has 0 atom stereocenters. The van der Waals surface area contributed by atoms with Crippen LogP contribution in [0.15, 0.2) is 42.5 Å². The molecule has 0 radical (unpaired) electrons. The number of anilines is 2. The molecule has 1 spiro atoms. The maximum atomic E-state index is 13.7. The molecule has 4 rings (SSSR count). The topological polar surface area (TPSA) is 69.7 Å². The van der Waals surface area contributed by atoms with Gasteiger partial charge in [-0.2, -0.15) is 0 Å². The van der Waals surface area contributed by atoms with Gasteiger partial charge in [0.1, 0.15) is 12.1 Å². The minimum atomic E-state index is -0.889. The van der Waals surface area contributed by atoms with Crippen LogP contribution in [0.1, 0.15) is 69.6 Å². The van der Waals surface area contributed by atoms with Gasteiger partial charge in [-0.3, -0.25) is 19.4 Å². The van der Waals surface area contributed by atoms with Crippen LogP contribution in [0, 0.1) is 0 Å². The van der Waals surface area contributed by atoms with E-state index in [9.17, 15) is 14.4 Å². The zero-order valence-electron chi connectivity index (χ0n) is 20.5. The van der Waals surface area contributed by atoms with Crippen LogP contribution in [0.3, 0.4) is 0 Å². The summed E-state index contributed by atoms with van der Waals surface area (Å²) >= 11 is 0. The molecule has 34 heavy (non-hydrogen) atoms. The highest BCUT2D eigenvalue weighted by atomic mass is 16.2. The van der Waals surface area contributed by atoms with E-state index in [1.165, 1.54) is 5.56 Å². The lowest BCUT2D eigenvalue weighted by Gasteiger charge is -2.38. The van der Waals surface area contributed by atoms with Crippen molar-refractivity contribution in [3.05, 3.63) is 59.2 Å². The number of amides is 4. The molecule has 0 bridgehead atoms. The van der Waals surface area contributed by atoms with E-state index >= 15 is 0 Å². The predicted molar refractivity (Wildman–Crippen MR) is 135 cm³/mol. The second-order valence-corrected chi connectivity index (χ2v) is 9.37. The molecule has 180 valence electrons. The van der Waals surface area contributed by atoms with Crippen LogP contribution in [0.5, 0.6) is 0 Å². The molecule has 1 aliphatic carbocycles. The molecule has 2 aliphatic rings. The third-order valence-electron chi connectivity index (χ3n) is 7.32. The molecule has 2 aromatic carbocycles. The zero-order chi connectivity index (χ0) is 24.3. The molecular formula is C28H35N3O3. The number of aryl methyl sites for hydroxylation is 3. The van der Waals surface area contributed by atoms with E-state index in [1.807, 2.05) is 43.3 Å². The van der Waals surface area contributed by atoms with Crippen LogP contribution < -0.4 is 10.2 Å². The average Bonchev–Trinajstić information content (AvgIpc) is 3.05. The Bertz CT molecular complexity index is 1070. The number of carbonyl (C=O) groups is 3. The van der Waals surface area contributed by atoms with Gasteiger partial charge in [0.15, 0.2) is 0 Å². The third kappa shape index (κ3) is 4.33. The Morgan fingerprint density at radius 2 is 1.53 bits per heavy atom. The summed E-state index contributed by atoms with van der Waals surface area (Å²) in [7, 11) is 0. The first kappa shape index (κ1) is 24.0. The number of carbonyl (C=O) groups excluding carboxylic acids is 3. The summed E-state index contributed by atoms with van der Waals surface area (Å²) in [5, 5.41) is 2.96. The van der Waals surface area contributed by atoms with Gasteiger partial charge >= 0.3 is 6.03 Å². The molecule has 6 heteroatoms. The Labute approximate surface area is 202 Å². The quantitative estimate of drug-likeness (QED) is 0.555. The molecule has 1 N–H and O–H groups in total. The first-order valence-electron chi connectivity index (χ1n) is 12.6. The first-order chi connectivity index (χ1) is 16.4. The summed E-state index contributed by atoms with van der Waals surface area (Å²) in [4.78, 5) is 43.2. The lowest BCUT2D eigenvalue weighted by Crippen LogP contribution is -2.51. The smallest absolute Gasteiger partial charge is 0.324 e. The highest BCUT2D eigenvalue weighted by molar-refractivity contribution is 6.18. The van der Waals surface area contributed by atoms with Crippen molar-refractivity contribution in [2.24, 2.45) is 0 Å². The Morgan fingerprint density at radius 3 is 2.15 bits per heavy atom. The van der Waals surface area contributed by atoms with Crippen LogP contribution >= 0.6 is 0 Å². The maximum Gasteiger partial charge on any atom is 0.332 e. The molecule has 2 aromatic rings. The third-order valence-corrected chi connectivity index (χ3v) is 7.32. The standard InChI is InChI=1S/C28H35N3O3/c1-4-20-11-14-23(15-12-20)31-27(34)30(26(33)28(31)16-8-7-9-17-28)19-25(32)29-24-18-21(5-2)10-13-22(24)6-3/h10-15,18H,4-9,16-17,19H2,1-3H3,(H,29,32). The van der Waals surface area contributed by atoms with Crippen molar-refractivity contribution in [1.29, 1.82) is 0 Å². The van der Waals surface area contributed by atoms with Gasteiger partial charge in [0.2, 0.25) is 5.91 Å². The Morgan fingerprint density at radius 1 is 0.882 bits per heavy atom. The number of hydrogen-bond acceptors (Lipinski definition) is 3. The number of imide groups is 1. The highest BCUT2D eigenvalue weighted by Crippen LogP contribution is 2.43. The van der Waals surface area contributed by atoms with E-state index < -0.39 is 11.6 Å². The molecule has 0 unspecified atom stereocenters. The summed E-state index contributed by atoms with van der Waals surface area (Å²) in [6.45, 7) is 5.92. The van der Waals surface area contributed by atoms with Gasteiger partial charge in [-0.25, -0.2) is 4.79 Å². The van der Waals surface area contributed by atoms with Crippen molar-refractivity contribution in [2.75, 3.05) is 16.8 Å². The molecule has 0 aromatic heterocycles. The number of urea groups is 1. The zero-order valence-corrected chi connectivity index (χ0v) is 20.5. The first-order valence-corrected chi connectivity index (χ1v) is 12.6. The summed E-state index contributed by atoms with van der Waals surface area (Å²) in [5.41, 5.74) is 3.93. The largest absolute Gasteiger partial charge is 0.332 e. The van der Waals surface area contributed by atoms with Crippen LogP contribution in [-0.2, 0) is 28.9 Å². The van der Waals surface area contributed by atoms with E-state index in [0.29, 0.717) is 12.8 Å². The fourth-order valence-electron chi connectivity index (χ4n) is 5.29. The van der Waals surface area contributed by atoms with Gasteiger partial charge in [0, 0.05) is 11.4 Å². The highest BCUT2D eigenvalue weighted by Gasteiger charge is 2.58. The van der Waals surface area contributed by atoms with Gasteiger partial charge in [0.25, 0.3) is 5.91 Å². The van der Waals surface area contributed by atoms with E-state index in [0.717, 1.165) is 65.9 Å². The number of rotatable bonds is 7. The molecule has 1 saturated carbocycles.